The molecule has 0 aliphatic rings. The molecule has 0 saturated heterocycles. The lowest BCUT2D eigenvalue weighted by molar-refractivity contribution is -0.142. The maximum absolute atomic E-state index is 12.8. The van der Waals surface area contributed by atoms with Crippen molar-refractivity contribution in [3.8, 4) is 11.4 Å². The van der Waals surface area contributed by atoms with Crippen LogP contribution in [0.1, 0.15) is 13.8 Å². The zero-order chi connectivity index (χ0) is 20.4. The fourth-order valence-electron chi connectivity index (χ4n) is 2.71. The van der Waals surface area contributed by atoms with Gasteiger partial charge in [0.15, 0.2) is 11.5 Å². The van der Waals surface area contributed by atoms with Gasteiger partial charge in [0.2, 0.25) is 0 Å². The van der Waals surface area contributed by atoms with Crippen molar-refractivity contribution < 1.29 is 9.53 Å². The Labute approximate surface area is 165 Å². The summed E-state index contributed by atoms with van der Waals surface area (Å²) in [6.45, 7) is 3.68. The monoisotopic (exact) mass is 400 g/mol. The van der Waals surface area contributed by atoms with Crippen molar-refractivity contribution in [2.24, 2.45) is 14.1 Å². The van der Waals surface area contributed by atoms with Crippen LogP contribution < -0.4 is 11.2 Å². The van der Waals surface area contributed by atoms with Gasteiger partial charge in [-0.15, -0.1) is 0 Å². The highest BCUT2D eigenvalue weighted by Gasteiger charge is 2.23. The van der Waals surface area contributed by atoms with Crippen LogP contribution in [0.15, 0.2) is 44.9 Å². The van der Waals surface area contributed by atoms with E-state index in [0.717, 1.165) is 21.9 Å². The summed E-state index contributed by atoms with van der Waals surface area (Å²) in [6, 6.07) is 9.24. The van der Waals surface area contributed by atoms with Crippen molar-refractivity contribution in [3.63, 3.8) is 0 Å². The van der Waals surface area contributed by atoms with E-state index < -0.39 is 22.5 Å². The van der Waals surface area contributed by atoms with Crippen molar-refractivity contribution in [3.05, 3.63) is 51.2 Å². The first-order chi connectivity index (χ1) is 13.3. The minimum atomic E-state index is -0.580. The lowest BCUT2D eigenvalue weighted by atomic mass is 10.2. The molecule has 0 fully saturated rings. The zero-order valence-corrected chi connectivity index (χ0v) is 16.8. The molecular formula is C19H20N4O4S. The van der Waals surface area contributed by atoms with E-state index in [2.05, 4.69) is 9.97 Å². The Hall–Kier alpha value is -2.94. The Morgan fingerprint density at radius 1 is 1.14 bits per heavy atom. The minimum Gasteiger partial charge on any atom is -0.465 e. The number of carbonyl (C=O) groups excluding carboxylic acids is 1. The molecule has 2 aromatic heterocycles. The summed E-state index contributed by atoms with van der Waals surface area (Å²) >= 11 is 1.11. The third kappa shape index (κ3) is 3.57. The van der Waals surface area contributed by atoms with Gasteiger partial charge in [0.25, 0.3) is 5.56 Å². The Balaban J connectivity index is 2.29. The maximum Gasteiger partial charge on any atom is 0.332 e. The van der Waals surface area contributed by atoms with Crippen LogP contribution in [-0.2, 0) is 23.6 Å². The molecule has 0 radical (unpaired) electrons. The average molecular weight is 400 g/mol. The summed E-state index contributed by atoms with van der Waals surface area (Å²) in [5.74, 6) is -0.0305. The second-order valence-electron chi connectivity index (χ2n) is 6.13. The number of rotatable bonds is 5. The minimum absolute atomic E-state index is 0.199. The second-order valence-corrected chi connectivity index (χ2v) is 7.46. The van der Waals surface area contributed by atoms with Crippen LogP contribution in [0.3, 0.4) is 0 Å². The van der Waals surface area contributed by atoms with Gasteiger partial charge in [0.05, 0.1) is 6.61 Å². The number of hydrogen-bond acceptors (Lipinski definition) is 7. The van der Waals surface area contributed by atoms with Crippen LogP contribution >= 0.6 is 11.8 Å². The summed E-state index contributed by atoms with van der Waals surface area (Å²) < 4.78 is 7.37. The molecule has 0 spiro atoms. The molecule has 0 bridgehead atoms. The molecule has 0 aliphatic carbocycles. The molecule has 2 heterocycles. The first-order valence-electron chi connectivity index (χ1n) is 8.71. The third-order valence-electron chi connectivity index (χ3n) is 4.21. The molecule has 3 rings (SSSR count). The largest absolute Gasteiger partial charge is 0.465 e. The van der Waals surface area contributed by atoms with Gasteiger partial charge in [-0.1, -0.05) is 42.1 Å². The SMILES string of the molecule is CCOC(=O)[C@H](C)Sc1nc(-c2ccccc2)nc2c1c(=O)n(C)c(=O)n2C. The topological polar surface area (TPSA) is 96.1 Å². The van der Waals surface area contributed by atoms with Crippen LogP contribution in [0.4, 0.5) is 0 Å². The summed E-state index contributed by atoms with van der Waals surface area (Å²) in [5, 5.41) is -0.0466. The number of hydrogen-bond donors (Lipinski definition) is 0. The number of aromatic nitrogens is 4. The number of ether oxygens (including phenoxy) is 1. The number of aryl methyl sites for hydroxylation is 1. The normalized spacial score (nSPS) is 12.1. The van der Waals surface area contributed by atoms with Crippen molar-refractivity contribution in [1.29, 1.82) is 0 Å². The van der Waals surface area contributed by atoms with Gasteiger partial charge in [-0.25, -0.2) is 14.8 Å². The predicted molar refractivity (Wildman–Crippen MR) is 107 cm³/mol. The molecule has 0 unspecified atom stereocenters. The van der Waals surface area contributed by atoms with Gasteiger partial charge in [-0.3, -0.25) is 18.7 Å². The molecular weight excluding hydrogens is 380 g/mol. The number of carbonyl (C=O) groups is 1. The molecule has 1 atom stereocenters. The zero-order valence-electron chi connectivity index (χ0n) is 16.0. The molecule has 146 valence electrons. The molecule has 0 amide bonds. The molecule has 0 aliphatic heterocycles. The van der Waals surface area contributed by atoms with Crippen LogP contribution in [0.25, 0.3) is 22.4 Å². The van der Waals surface area contributed by atoms with Gasteiger partial charge in [-0.05, 0) is 13.8 Å². The van der Waals surface area contributed by atoms with E-state index >= 15 is 0 Å². The van der Waals surface area contributed by atoms with E-state index in [1.165, 1.54) is 11.6 Å². The highest BCUT2D eigenvalue weighted by Crippen LogP contribution is 2.29. The van der Waals surface area contributed by atoms with Gasteiger partial charge in [-0.2, -0.15) is 0 Å². The fourth-order valence-corrected chi connectivity index (χ4v) is 3.64. The highest BCUT2D eigenvalue weighted by atomic mass is 32.2. The smallest absolute Gasteiger partial charge is 0.332 e. The molecule has 8 nitrogen and oxygen atoms in total. The van der Waals surface area contributed by atoms with Gasteiger partial charge >= 0.3 is 11.7 Å². The number of esters is 1. The molecule has 0 saturated carbocycles. The number of thioether (sulfide) groups is 1. The van der Waals surface area contributed by atoms with Crippen LogP contribution in [0.5, 0.6) is 0 Å². The van der Waals surface area contributed by atoms with E-state index in [4.69, 9.17) is 4.74 Å². The van der Waals surface area contributed by atoms with Gasteiger partial charge in [0.1, 0.15) is 15.7 Å². The lowest BCUT2D eigenvalue weighted by Crippen LogP contribution is -2.37. The average Bonchev–Trinajstić information content (AvgIpc) is 2.70. The predicted octanol–water partition coefficient (Wildman–Crippen LogP) is 1.74. The molecule has 0 N–H and O–H groups in total. The third-order valence-corrected chi connectivity index (χ3v) is 5.27. The summed E-state index contributed by atoms with van der Waals surface area (Å²) in [6.07, 6.45) is 0. The van der Waals surface area contributed by atoms with E-state index in [1.54, 1.807) is 20.9 Å². The highest BCUT2D eigenvalue weighted by molar-refractivity contribution is 8.00. The van der Waals surface area contributed by atoms with Crippen LogP contribution in [-0.4, -0.2) is 36.9 Å². The van der Waals surface area contributed by atoms with Crippen molar-refractivity contribution in [1.82, 2.24) is 19.1 Å². The van der Waals surface area contributed by atoms with Crippen LogP contribution in [0, 0.1) is 0 Å². The Morgan fingerprint density at radius 3 is 2.46 bits per heavy atom. The Kier molecular flexibility index (Phi) is 5.64. The molecule has 1 aromatic carbocycles. The first-order valence-corrected chi connectivity index (χ1v) is 9.59. The van der Waals surface area contributed by atoms with Crippen LogP contribution in [0.2, 0.25) is 0 Å². The van der Waals surface area contributed by atoms with Gasteiger partial charge < -0.3 is 4.74 Å². The number of fused-ring (bicyclic) bond motifs is 1. The summed E-state index contributed by atoms with van der Waals surface area (Å²) in [5.41, 5.74) is -0.0236. The number of benzene rings is 1. The van der Waals surface area contributed by atoms with Crippen molar-refractivity contribution in [2.75, 3.05) is 6.61 Å². The second kappa shape index (κ2) is 7.97. The fraction of sp³-hybridized carbons (Fsp3) is 0.316. The Bertz CT molecular complexity index is 1150. The maximum atomic E-state index is 12.8. The lowest BCUT2D eigenvalue weighted by Gasteiger charge is -2.14. The Morgan fingerprint density at radius 2 is 1.82 bits per heavy atom. The first kappa shape index (κ1) is 19.8. The number of nitrogens with zero attached hydrogens (tertiary/aromatic N) is 4. The quantitative estimate of drug-likeness (QED) is 0.366. The standard InChI is InChI=1S/C19H20N4O4S/c1-5-27-18(25)11(2)28-16-13-15(22(3)19(26)23(4)17(13)24)20-14(21-16)12-9-7-6-8-10-12/h6-11H,5H2,1-4H3/t11-/m0/s1. The molecule has 28 heavy (non-hydrogen) atoms. The molecule has 9 heteroatoms. The summed E-state index contributed by atoms with van der Waals surface area (Å²) in [7, 11) is 2.95. The van der Waals surface area contributed by atoms with Crippen molar-refractivity contribution >= 4 is 28.8 Å². The van der Waals surface area contributed by atoms with E-state index in [9.17, 15) is 14.4 Å². The van der Waals surface area contributed by atoms with E-state index in [1.807, 2.05) is 30.3 Å². The summed E-state index contributed by atoms with van der Waals surface area (Å²) in [4.78, 5) is 46.2. The van der Waals surface area contributed by atoms with Crippen molar-refractivity contribution in [2.45, 2.75) is 24.1 Å². The van der Waals surface area contributed by atoms with E-state index in [0.29, 0.717) is 10.9 Å². The van der Waals surface area contributed by atoms with E-state index in [-0.39, 0.29) is 17.6 Å². The molecule has 3 aromatic rings. The van der Waals surface area contributed by atoms with Gasteiger partial charge in [0, 0.05) is 19.7 Å².